The van der Waals surface area contributed by atoms with Gasteiger partial charge in [0.2, 0.25) is 5.91 Å². The highest BCUT2D eigenvalue weighted by Crippen LogP contribution is 2.79. The molecule has 8 saturated carbocycles. The summed E-state index contributed by atoms with van der Waals surface area (Å²) < 4.78 is 0. The van der Waals surface area contributed by atoms with Gasteiger partial charge in [0.1, 0.15) is 0 Å². The second-order valence-corrected chi connectivity index (χ2v) is 29.8. The second kappa shape index (κ2) is 17.5. The number of halogens is 1. The van der Waals surface area contributed by atoms with Gasteiger partial charge in [-0.1, -0.05) is 116 Å². The first-order valence-corrected chi connectivity index (χ1v) is 31.3. The van der Waals surface area contributed by atoms with Gasteiger partial charge in [-0.05, 0) is 237 Å². The number of hydrogen-bond donors (Lipinski definition) is 5. The van der Waals surface area contributed by atoms with Crippen molar-refractivity contribution in [2.75, 3.05) is 4.93 Å². The Morgan fingerprint density at radius 1 is 0.562 bits per heavy atom. The summed E-state index contributed by atoms with van der Waals surface area (Å²) in [5.74, 6) is 4.22. The number of hydroxylamine groups is 1. The fourth-order valence-electron chi connectivity index (χ4n) is 23.9. The molecule has 2 heterocycles. The Bertz CT molecular complexity index is 2540. The summed E-state index contributed by atoms with van der Waals surface area (Å²) in [7, 11) is 0. The van der Waals surface area contributed by atoms with Crippen molar-refractivity contribution in [2.24, 2.45) is 102 Å². The molecule has 9 nitrogen and oxygen atoms in total. The number of rotatable bonds is 4. The zero-order chi connectivity index (χ0) is 53.1. The van der Waals surface area contributed by atoms with Crippen molar-refractivity contribution in [3.8, 4) is 0 Å². The van der Waals surface area contributed by atoms with Crippen LogP contribution in [0, 0.1) is 102 Å². The number of alkyl halides is 1. The number of carboxylic acids is 1. The minimum absolute atomic E-state index is 0.106. The van der Waals surface area contributed by atoms with E-state index >= 15 is 0 Å². The molecule has 0 radical (unpaired) electrons. The molecule has 10 aliphatic rings. The fourth-order valence-corrected chi connectivity index (χ4v) is 23.9. The quantitative estimate of drug-likeness (QED) is 0.0678. The average molecular weight is 1110 g/mol. The number of aromatic nitrogens is 4. The molecule has 2 aromatic heterocycles. The third-order valence-electron chi connectivity index (χ3n) is 27.3. The van der Waals surface area contributed by atoms with Crippen molar-refractivity contribution >= 4 is 34.5 Å². The third kappa shape index (κ3) is 6.83. The summed E-state index contributed by atoms with van der Waals surface area (Å²) in [6, 6.07) is 0. The van der Waals surface area contributed by atoms with Crippen molar-refractivity contribution in [1.82, 2.24) is 25.9 Å². The molecular weight excluding hydrogens is 1020 g/mol. The van der Waals surface area contributed by atoms with Gasteiger partial charge in [0, 0.05) is 22.2 Å². The molecular formula is C63H96IN5O4. The number of carbonyl (C=O) groups is 2. The minimum Gasteiger partial charge on any atom is -0.481 e. The van der Waals surface area contributed by atoms with Gasteiger partial charge in [0.25, 0.3) is 0 Å². The van der Waals surface area contributed by atoms with Crippen LogP contribution in [0.4, 0.5) is 0 Å². The maximum atomic E-state index is 13.3. The van der Waals surface area contributed by atoms with E-state index in [4.69, 9.17) is 0 Å². The maximum Gasteiger partial charge on any atom is 0.309 e. The van der Waals surface area contributed by atoms with Gasteiger partial charge in [-0.25, -0.2) is 5.48 Å². The van der Waals surface area contributed by atoms with E-state index in [-0.39, 0.29) is 61.1 Å². The molecule has 0 spiro atoms. The van der Waals surface area contributed by atoms with Crippen LogP contribution in [-0.2, 0) is 33.3 Å². The van der Waals surface area contributed by atoms with Crippen molar-refractivity contribution in [3.05, 3.63) is 59.2 Å². The molecule has 73 heavy (non-hydrogen) atoms. The van der Waals surface area contributed by atoms with Crippen molar-refractivity contribution in [3.63, 3.8) is 0 Å². The van der Waals surface area contributed by atoms with E-state index in [1.54, 1.807) is 0 Å². The van der Waals surface area contributed by atoms with Gasteiger partial charge in [-0.3, -0.25) is 25.0 Å². The Morgan fingerprint density at radius 2 is 0.959 bits per heavy atom. The average Bonchev–Trinajstić information content (AvgIpc) is 4.16. The van der Waals surface area contributed by atoms with E-state index in [0.717, 1.165) is 64.2 Å². The van der Waals surface area contributed by atoms with Gasteiger partial charge >= 0.3 is 5.97 Å². The molecule has 10 aliphatic carbocycles. The zero-order valence-corrected chi connectivity index (χ0v) is 49.7. The van der Waals surface area contributed by atoms with Crippen LogP contribution in [0.15, 0.2) is 36.7 Å². The number of hydrogen-bond acceptors (Lipinski definition) is 5. The van der Waals surface area contributed by atoms with Crippen LogP contribution >= 0.6 is 22.6 Å². The first-order valence-electron chi connectivity index (χ1n) is 29.1. The summed E-state index contributed by atoms with van der Waals surface area (Å²) in [5, 5.41) is 36.1. The SMILES string of the molecule is C=C(C)[C@@H]1CC[C@]2(C(=O)NO)CC[C@]3(C)[C@H](CC[C@@H]4[C@@]5(C)Cc6cn[nH]c6C(C)(C)[C@@H]5CC[C@]43C)[C@@H]12.C=C(C)[C@@H]1CC[C@]2(C(=O)O)CC[C@]3(C)[C@H](CC[C@@H]4[C@@]5(C)Cc6cn[nH]c6C(C)(C)[C@@H]5CC[C@]43C)[C@@H]12.CI. The molecule has 5 N–H and O–H groups in total. The van der Waals surface area contributed by atoms with Crippen LogP contribution in [0.2, 0.25) is 0 Å². The summed E-state index contributed by atoms with van der Waals surface area (Å²) in [6.45, 7) is 38.5. The molecule has 0 bridgehead atoms. The van der Waals surface area contributed by atoms with Crippen molar-refractivity contribution in [1.29, 1.82) is 0 Å². The van der Waals surface area contributed by atoms with Crippen LogP contribution in [0.3, 0.4) is 0 Å². The van der Waals surface area contributed by atoms with Gasteiger partial charge in [-0.2, -0.15) is 10.2 Å². The lowest BCUT2D eigenvalue weighted by molar-refractivity contribution is -0.227. The van der Waals surface area contributed by atoms with Gasteiger partial charge in [0.15, 0.2) is 0 Å². The molecule has 0 aliphatic heterocycles. The molecule has 18 atom stereocenters. The summed E-state index contributed by atoms with van der Waals surface area (Å²) in [4.78, 5) is 28.1. The number of aromatic amines is 2. The Kier molecular flexibility index (Phi) is 12.9. The number of carboxylic acid groups (broad SMARTS) is 1. The summed E-state index contributed by atoms with van der Waals surface area (Å²) >= 11 is 2.15. The Labute approximate surface area is 453 Å². The topological polar surface area (TPSA) is 144 Å². The first kappa shape index (κ1) is 53.9. The normalized spacial score (nSPS) is 47.9. The highest BCUT2D eigenvalue weighted by molar-refractivity contribution is 14.1. The van der Waals surface area contributed by atoms with Crippen molar-refractivity contribution < 1.29 is 19.9 Å². The van der Waals surface area contributed by atoms with Crippen LogP contribution in [0.25, 0.3) is 0 Å². The van der Waals surface area contributed by atoms with E-state index < -0.39 is 16.8 Å². The molecule has 0 unspecified atom stereocenters. The summed E-state index contributed by atoms with van der Waals surface area (Å²) in [6.07, 6.45) is 24.0. The largest absolute Gasteiger partial charge is 0.481 e. The van der Waals surface area contributed by atoms with Gasteiger partial charge in [0.05, 0.1) is 23.2 Å². The van der Waals surface area contributed by atoms with Crippen molar-refractivity contribution in [2.45, 2.75) is 209 Å². The lowest BCUT2D eigenvalue weighted by Gasteiger charge is -2.72. The monoisotopic (exact) mass is 1110 g/mol. The first-order chi connectivity index (χ1) is 34.2. The molecule has 1 amide bonds. The molecule has 0 saturated heterocycles. The van der Waals surface area contributed by atoms with E-state index in [1.807, 2.05) is 4.93 Å². The Morgan fingerprint density at radius 3 is 1.36 bits per heavy atom. The number of nitrogens with one attached hydrogen (secondary N) is 3. The standard InChI is InChI=1S/C31H47N3O2.C31H46N2O2.CH3I/c1-18(2)20-10-13-31(26(35)34-36)15-14-29(6)21(24(20)31)8-9-23-28(5)16-19-17-32-33-25(19)27(3,4)22(28)11-12-30(23,29)7;1-18(2)20-10-13-31(26(34)35)15-14-29(6)21(24(20)31)8-9-23-28(5)16-19-17-32-33-25(19)27(3,4)22(28)11-12-30(23,29)7;1-2/h17,20-24,36H,1,8-16H2,2-7H3,(H,32,33)(H,34,35);17,20-24H,1,8-16H2,2-7H3,(H,32,33)(H,34,35);1H3/t2*20-,21+,22-,23+,24+,28-,29+,30+,31-;/m00./s1. The number of allylic oxidation sites excluding steroid dienone is 2. The van der Waals surface area contributed by atoms with Gasteiger partial charge in [-0.15, -0.1) is 0 Å². The lowest BCUT2D eigenvalue weighted by Crippen LogP contribution is -2.67. The number of fused-ring (bicyclic) bond motifs is 16. The lowest BCUT2D eigenvalue weighted by atomic mass is 9.32. The second-order valence-electron chi connectivity index (χ2n) is 29.8. The molecule has 10 heteroatoms. The third-order valence-corrected chi connectivity index (χ3v) is 27.3. The van der Waals surface area contributed by atoms with Crippen LogP contribution in [0.1, 0.15) is 208 Å². The number of carbonyl (C=O) groups excluding carboxylic acids is 1. The van der Waals surface area contributed by atoms with E-state index in [2.05, 4.69) is 157 Å². The zero-order valence-electron chi connectivity index (χ0n) is 47.6. The van der Waals surface area contributed by atoms with E-state index in [9.17, 15) is 19.9 Å². The predicted octanol–water partition coefficient (Wildman–Crippen LogP) is 14.8. The summed E-state index contributed by atoms with van der Waals surface area (Å²) in [5.41, 5.74) is 10.7. The number of amides is 1. The van der Waals surface area contributed by atoms with E-state index in [1.165, 1.54) is 85.0 Å². The number of H-pyrrole nitrogens is 2. The molecule has 8 fully saturated rings. The maximum absolute atomic E-state index is 13.3. The van der Waals surface area contributed by atoms with E-state index in [0.29, 0.717) is 47.3 Å². The molecule has 12 rings (SSSR count). The van der Waals surface area contributed by atoms with Crippen LogP contribution in [-0.4, -0.2) is 47.5 Å². The minimum atomic E-state index is -0.531. The fraction of sp³-hybridized carbons (Fsp3) is 0.810. The highest BCUT2D eigenvalue weighted by atomic mass is 127. The number of aliphatic carboxylic acids is 1. The Balaban J connectivity index is 0.000000162. The van der Waals surface area contributed by atoms with Crippen LogP contribution in [0.5, 0.6) is 0 Å². The predicted molar refractivity (Wildman–Crippen MR) is 300 cm³/mol. The van der Waals surface area contributed by atoms with Crippen LogP contribution < -0.4 is 5.48 Å². The molecule has 2 aromatic rings. The van der Waals surface area contributed by atoms with Gasteiger partial charge < -0.3 is 5.11 Å². The molecule has 0 aromatic carbocycles. The highest BCUT2D eigenvalue weighted by Gasteiger charge is 2.74. The smallest absolute Gasteiger partial charge is 0.309 e. The number of nitrogens with zero attached hydrogens (tertiary/aromatic N) is 2. The molecule has 404 valence electrons. The Hall–Kier alpha value is -2.47.